The molecule has 0 saturated carbocycles. The van der Waals surface area contributed by atoms with E-state index in [1.165, 1.54) is 11.8 Å². The molecule has 3 nitrogen and oxygen atoms in total. The molecule has 0 fully saturated rings. The molecule has 0 saturated heterocycles. The summed E-state index contributed by atoms with van der Waals surface area (Å²) >= 11 is 7.14. The van der Waals surface area contributed by atoms with Crippen molar-refractivity contribution in [1.29, 1.82) is 0 Å². The smallest absolute Gasteiger partial charge is 0.321 e. The third kappa shape index (κ3) is 4.78. The molecule has 5 heteroatoms. The van der Waals surface area contributed by atoms with E-state index in [9.17, 15) is 9.90 Å². The van der Waals surface area contributed by atoms with E-state index in [-0.39, 0.29) is 0 Å². The number of aliphatic carboxylic acids is 1. The SMILES string of the molecule is O=C(O)C(Sc1ccc(Cl)cc1)c1ccc(Oc2ccccc2)cc1. The quantitative estimate of drug-likeness (QED) is 0.536. The van der Waals surface area contributed by atoms with Crippen molar-refractivity contribution in [2.75, 3.05) is 0 Å². The van der Waals surface area contributed by atoms with Crippen LogP contribution in [0.1, 0.15) is 10.8 Å². The highest BCUT2D eigenvalue weighted by molar-refractivity contribution is 8.00. The summed E-state index contributed by atoms with van der Waals surface area (Å²) < 4.78 is 5.74. The Hall–Kier alpha value is -2.43. The lowest BCUT2D eigenvalue weighted by atomic mass is 10.1. The van der Waals surface area contributed by atoms with E-state index in [0.29, 0.717) is 16.3 Å². The Kier molecular flexibility index (Phi) is 5.64. The number of rotatable bonds is 6. The van der Waals surface area contributed by atoms with E-state index in [4.69, 9.17) is 16.3 Å². The predicted molar refractivity (Wildman–Crippen MR) is 101 cm³/mol. The first-order chi connectivity index (χ1) is 12.1. The number of carboxylic acid groups (broad SMARTS) is 1. The molecule has 0 amide bonds. The van der Waals surface area contributed by atoms with E-state index in [0.717, 1.165) is 10.6 Å². The van der Waals surface area contributed by atoms with Crippen LogP contribution in [0.25, 0.3) is 0 Å². The molecule has 0 aliphatic carbocycles. The normalized spacial score (nSPS) is 11.7. The van der Waals surface area contributed by atoms with Gasteiger partial charge in [-0.05, 0) is 54.1 Å². The fourth-order valence-electron chi connectivity index (χ4n) is 2.25. The Bertz CT molecular complexity index is 833. The van der Waals surface area contributed by atoms with Gasteiger partial charge in [-0.1, -0.05) is 41.9 Å². The molecule has 126 valence electrons. The number of benzene rings is 3. The zero-order chi connectivity index (χ0) is 17.6. The number of halogens is 1. The summed E-state index contributed by atoms with van der Waals surface area (Å²) in [6, 6.07) is 23.7. The summed E-state index contributed by atoms with van der Waals surface area (Å²) in [5.74, 6) is 0.507. The van der Waals surface area contributed by atoms with Gasteiger partial charge in [0.05, 0.1) is 0 Å². The van der Waals surface area contributed by atoms with Gasteiger partial charge in [-0.15, -0.1) is 11.8 Å². The average molecular weight is 371 g/mol. The van der Waals surface area contributed by atoms with Gasteiger partial charge < -0.3 is 9.84 Å². The van der Waals surface area contributed by atoms with Crippen LogP contribution >= 0.6 is 23.4 Å². The number of para-hydroxylation sites is 1. The molecular formula is C20H15ClO3S. The standard InChI is InChI=1S/C20H15ClO3S/c21-15-8-12-18(13-9-15)25-19(20(22)23)14-6-10-17(11-7-14)24-16-4-2-1-3-5-16/h1-13,19H,(H,22,23). The van der Waals surface area contributed by atoms with Crippen LogP contribution in [0, 0.1) is 0 Å². The molecular weight excluding hydrogens is 356 g/mol. The van der Waals surface area contributed by atoms with Crippen molar-refractivity contribution in [3.63, 3.8) is 0 Å². The molecule has 1 unspecified atom stereocenters. The second-order valence-electron chi connectivity index (χ2n) is 5.27. The van der Waals surface area contributed by atoms with Crippen LogP contribution in [0.15, 0.2) is 83.8 Å². The van der Waals surface area contributed by atoms with Crippen LogP contribution in [0.3, 0.4) is 0 Å². The van der Waals surface area contributed by atoms with Crippen molar-refractivity contribution >= 4 is 29.3 Å². The molecule has 1 N–H and O–H groups in total. The topological polar surface area (TPSA) is 46.5 Å². The minimum Gasteiger partial charge on any atom is -0.480 e. The summed E-state index contributed by atoms with van der Waals surface area (Å²) in [6.45, 7) is 0. The van der Waals surface area contributed by atoms with Gasteiger partial charge in [0.25, 0.3) is 0 Å². The lowest BCUT2D eigenvalue weighted by Crippen LogP contribution is -2.07. The van der Waals surface area contributed by atoms with Gasteiger partial charge in [0.1, 0.15) is 16.7 Å². The zero-order valence-electron chi connectivity index (χ0n) is 13.1. The van der Waals surface area contributed by atoms with Gasteiger partial charge in [0.15, 0.2) is 0 Å². The number of carbonyl (C=O) groups is 1. The molecule has 0 bridgehead atoms. The lowest BCUT2D eigenvalue weighted by Gasteiger charge is -2.13. The van der Waals surface area contributed by atoms with Gasteiger partial charge in [0, 0.05) is 9.92 Å². The van der Waals surface area contributed by atoms with Crippen molar-refractivity contribution in [2.24, 2.45) is 0 Å². The molecule has 0 aliphatic rings. The fraction of sp³-hybridized carbons (Fsp3) is 0.0500. The van der Waals surface area contributed by atoms with E-state index >= 15 is 0 Å². The van der Waals surface area contributed by atoms with Gasteiger partial charge >= 0.3 is 5.97 Å². The van der Waals surface area contributed by atoms with Crippen molar-refractivity contribution in [1.82, 2.24) is 0 Å². The lowest BCUT2D eigenvalue weighted by molar-refractivity contribution is -0.136. The molecule has 1 atom stereocenters. The second-order valence-corrected chi connectivity index (χ2v) is 6.89. The molecule has 0 heterocycles. The molecule has 3 aromatic carbocycles. The van der Waals surface area contributed by atoms with Gasteiger partial charge in [-0.2, -0.15) is 0 Å². The number of carboxylic acids is 1. The molecule has 25 heavy (non-hydrogen) atoms. The Morgan fingerprint density at radius 3 is 2.08 bits per heavy atom. The van der Waals surface area contributed by atoms with Gasteiger partial charge in [0.2, 0.25) is 0 Å². The highest BCUT2D eigenvalue weighted by Crippen LogP contribution is 2.36. The van der Waals surface area contributed by atoms with Crippen molar-refractivity contribution in [3.05, 3.63) is 89.4 Å². The van der Waals surface area contributed by atoms with Crippen LogP contribution < -0.4 is 4.74 Å². The maximum absolute atomic E-state index is 11.7. The van der Waals surface area contributed by atoms with E-state index < -0.39 is 11.2 Å². The number of ether oxygens (including phenoxy) is 1. The molecule has 0 aliphatic heterocycles. The first kappa shape index (κ1) is 17.4. The first-order valence-corrected chi connectivity index (χ1v) is 8.85. The second kappa shape index (κ2) is 8.10. The third-order valence-electron chi connectivity index (χ3n) is 3.45. The Morgan fingerprint density at radius 2 is 1.48 bits per heavy atom. The van der Waals surface area contributed by atoms with Crippen LogP contribution in [-0.2, 0) is 4.79 Å². The highest BCUT2D eigenvalue weighted by Gasteiger charge is 2.21. The largest absolute Gasteiger partial charge is 0.480 e. The van der Waals surface area contributed by atoms with Crippen LogP contribution in [0.4, 0.5) is 0 Å². The number of thioether (sulfide) groups is 1. The van der Waals surface area contributed by atoms with Crippen LogP contribution in [0.5, 0.6) is 11.5 Å². The van der Waals surface area contributed by atoms with Gasteiger partial charge in [-0.3, -0.25) is 4.79 Å². The van der Waals surface area contributed by atoms with Crippen molar-refractivity contribution < 1.29 is 14.6 Å². The van der Waals surface area contributed by atoms with Gasteiger partial charge in [-0.25, -0.2) is 0 Å². The van der Waals surface area contributed by atoms with E-state index in [2.05, 4.69) is 0 Å². The molecule has 0 aromatic heterocycles. The Labute approximate surface area is 155 Å². The summed E-state index contributed by atoms with van der Waals surface area (Å²) in [7, 11) is 0. The monoisotopic (exact) mass is 370 g/mol. The van der Waals surface area contributed by atoms with Crippen molar-refractivity contribution in [3.8, 4) is 11.5 Å². The Morgan fingerprint density at radius 1 is 0.880 bits per heavy atom. The third-order valence-corrected chi connectivity index (χ3v) is 4.96. The number of hydrogen-bond donors (Lipinski definition) is 1. The molecule has 3 rings (SSSR count). The minimum atomic E-state index is -0.892. The maximum atomic E-state index is 11.7. The minimum absolute atomic E-state index is 0.624. The summed E-state index contributed by atoms with van der Waals surface area (Å²) in [4.78, 5) is 12.5. The van der Waals surface area contributed by atoms with Crippen LogP contribution in [0.2, 0.25) is 5.02 Å². The Balaban J connectivity index is 1.75. The maximum Gasteiger partial charge on any atom is 0.321 e. The summed E-state index contributed by atoms with van der Waals surface area (Å²) in [6.07, 6.45) is 0. The zero-order valence-corrected chi connectivity index (χ0v) is 14.7. The van der Waals surface area contributed by atoms with Crippen molar-refractivity contribution in [2.45, 2.75) is 10.1 Å². The molecule has 0 radical (unpaired) electrons. The van der Waals surface area contributed by atoms with Crippen LogP contribution in [-0.4, -0.2) is 11.1 Å². The molecule has 0 spiro atoms. The molecule has 3 aromatic rings. The van der Waals surface area contributed by atoms with E-state index in [1.54, 1.807) is 36.4 Å². The summed E-state index contributed by atoms with van der Waals surface area (Å²) in [5, 5.41) is 9.49. The number of hydrogen-bond acceptors (Lipinski definition) is 3. The fourth-order valence-corrected chi connectivity index (χ4v) is 3.33. The predicted octanol–water partition coefficient (Wildman–Crippen LogP) is 6.05. The van der Waals surface area contributed by atoms with E-state index in [1.807, 2.05) is 42.5 Å². The highest BCUT2D eigenvalue weighted by atomic mass is 35.5. The average Bonchev–Trinajstić information content (AvgIpc) is 2.63. The first-order valence-electron chi connectivity index (χ1n) is 7.60. The summed E-state index contributed by atoms with van der Waals surface area (Å²) in [5.41, 5.74) is 0.702.